The van der Waals surface area contributed by atoms with Crippen molar-refractivity contribution in [3.8, 4) is 6.07 Å². The second kappa shape index (κ2) is 6.95. The van der Waals surface area contributed by atoms with E-state index in [9.17, 15) is 20.6 Å². The normalized spacial score (nSPS) is 37.5. The molecule has 1 aliphatic heterocycles. The summed E-state index contributed by atoms with van der Waals surface area (Å²) in [5, 5.41) is 47.9. The second-order valence-electron chi connectivity index (χ2n) is 4.38. The van der Waals surface area contributed by atoms with Crippen LogP contribution in [0, 0.1) is 11.3 Å². The van der Waals surface area contributed by atoms with E-state index in [1.165, 1.54) is 0 Å². The van der Waals surface area contributed by atoms with Crippen molar-refractivity contribution in [1.82, 2.24) is 0 Å². The fourth-order valence-electron chi connectivity index (χ4n) is 1.87. The number of nitriles is 1. The van der Waals surface area contributed by atoms with E-state index in [0.29, 0.717) is 0 Å². The predicted octanol–water partition coefficient (Wildman–Crippen LogP) is -0.932. The third-order valence-electron chi connectivity index (χ3n) is 3.02. The van der Waals surface area contributed by atoms with E-state index in [-0.39, 0.29) is 0 Å². The first-order chi connectivity index (χ1) is 12.1. The van der Waals surface area contributed by atoms with Crippen LogP contribution in [0.2, 0.25) is 0 Å². The Morgan fingerprint density at radius 1 is 1.24 bits per heavy atom. The van der Waals surface area contributed by atoms with Crippen LogP contribution in [0.3, 0.4) is 0 Å². The highest BCUT2D eigenvalue weighted by atomic mass is 16.7. The van der Waals surface area contributed by atoms with Gasteiger partial charge in [-0.1, -0.05) is 30.2 Å². The van der Waals surface area contributed by atoms with Crippen LogP contribution in [0.15, 0.2) is 30.2 Å². The standard InChI is InChI=1S/C14H17NO6/c15-6-9(8-4-2-1-3-5-8)20-14-13(19)12(18)11(17)10(7-16)21-14/h1-5,9-14,16-19H,7H2/t9-,10+,11+,12-,13+,14+/m0/s1/i1D,2D,3D,4D,5D. The summed E-state index contributed by atoms with van der Waals surface area (Å²) in [5.41, 5.74) is -0.463. The van der Waals surface area contributed by atoms with Gasteiger partial charge in [0.05, 0.1) is 19.5 Å². The average molecular weight is 300 g/mol. The van der Waals surface area contributed by atoms with Crippen LogP contribution in [-0.2, 0) is 9.47 Å². The van der Waals surface area contributed by atoms with Crippen LogP contribution in [0.4, 0.5) is 0 Å². The molecule has 0 unspecified atom stereocenters. The van der Waals surface area contributed by atoms with Gasteiger partial charge in [-0.3, -0.25) is 0 Å². The van der Waals surface area contributed by atoms with Crippen molar-refractivity contribution in [1.29, 1.82) is 5.26 Å². The van der Waals surface area contributed by atoms with E-state index in [0.717, 1.165) is 0 Å². The average Bonchev–Trinajstić information content (AvgIpc) is 2.63. The molecule has 0 radical (unpaired) electrons. The molecule has 114 valence electrons. The number of hydrogen-bond donors (Lipinski definition) is 4. The lowest BCUT2D eigenvalue weighted by Gasteiger charge is -2.40. The Labute approximate surface area is 128 Å². The van der Waals surface area contributed by atoms with Crippen molar-refractivity contribution in [2.45, 2.75) is 36.8 Å². The fraction of sp³-hybridized carbons (Fsp3) is 0.500. The van der Waals surface area contributed by atoms with E-state index in [1.54, 1.807) is 6.07 Å². The molecule has 7 heteroatoms. The Morgan fingerprint density at radius 2 is 1.90 bits per heavy atom. The van der Waals surface area contributed by atoms with Crippen LogP contribution in [0.25, 0.3) is 0 Å². The number of nitrogens with zero attached hydrogens (tertiary/aromatic N) is 1. The number of hydrogen-bond acceptors (Lipinski definition) is 7. The molecule has 4 N–H and O–H groups in total. The Bertz CT molecular complexity index is 698. The molecular weight excluding hydrogens is 278 g/mol. The van der Waals surface area contributed by atoms with Crippen LogP contribution >= 0.6 is 0 Å². The van der Waals surface area contributed by atoms with Gasteiger partial charge in [-0.2, -0.15) is 5.26 Å². The van der Waals surface area contributed by atoms with E-state index >= 15 is 0 Å². The minimum Gasteiger partial charge on any atom is -0.394 e. The van der Waals surface area contributed by atoms with E-state index in [1.807, 2.05) is 0 Å². The molecule has 6 atom stereocenters. The number of rotatable bonds is 4. The van der Waals surface area contributed by atoms with E-state index in [2.05, 4.69) is 0 Å². The maximum absolute atomic E-state index is 9.96. The van der Waals surface area contributed by atoms with Crippen molar-refractivity contribution in [3.05, 3.63) is 35.8 Å². The molecular formula is C14H17NO6. The maximum Gasteiger partial charge on any atom is 0.188 e. The third kappa shape index (κ3) is 3.39. The highest BCUT2D eigenvalue weighted by molar-refractivity contribution is 5.22. The first kappa shape index (κ1) is 10.2. The summed E-state index contributed by atoms with van der Waals surface area (Å²) in [5.74, 6) is 0. The molecule has 1 aromatic rings. The molecule has 21 heavy (non-hydrogen) atoms. The molecule has 2 rings (SSSR count). The summed E-state index contributed by atoms with van der Waals surface area (Å²) in [6.45, 7) is -0.712. The van der Waals surface area contributed by atoms with Crippen LogP contribution in [0.5, 0.6) is 0 Å². The summed E-state index contributed by atoms with van der Waals surface area (Å²) >= 11 is 0. The lowest BCUT2D eigenvalue weighted by Crippen LogP contribution is -2.59. The summed E-state index contributed by atoms with van der Waals surface area (Å²) in [6, 6.07) is -1.69. The van der Waals surface area contributed by atoms with E-state index < -0.39 is 79.2 Å². The van der Waals surface area contributed by atoms with E-state index in [4.69, 9.17) is 21.4 Å². The van der Waals surface area contributed by atoms with Crippen LogP contribution < -0.4 is 0 Å². The summed E-state index contributed by atoms with van der Waals surface area (Å²) in [4.78, 5) is 0. The Hall–Kier alpha value is -1.53. The Balaban J connectivity index is 2.38. The Kier molecular flexibility index (Phi) is 3.39. The fourth-order valence-corrected chi connectivity index (χ4v) is 1.87. The minimum atomic E-state index is -1.80. The molecule has 0 saturated carbocycles. The number of benzene rings is 1. The van der Waals surface area contributed by atoms with Gasteiger partial charge in [-0.05, 0) is 5.56 Å². The minimum absolute atomic E-state index is 0.463. The van der Waals surface area contributed by atoms with Crippen molar-refractivity contribution in [3.63, 3.8) is 0 Å². The highest BCUT2D eigenvalue weighted by Crippen LogP contribution is 2.27. The number of aliphatic hydroxyl groups excluding tert-OH is 4. The zero-order valence-corrected chi connectivity index (χ0v) is 10.7. The molecule has 0 aliphatic carbocycles. The highest BCUT2D eigenvalue weighted by Gasteiger charge is 2.44. The van der Waals surface area contributed by atoms with Gasteiger partial charge in [0.15, 0.2) is 12.4 Å². The van der Waals surface area contributed by atoms with Gasteiger partial charge in [-0.25, -0.2) is 0 Å². The van der Waals surface area contributed by atoms with Gasteiger partial charge in [-0.15, -0.1) is 0 Å². The smallest absolute Gasteiger partial charge is 0.188 e. The molecule has 1 aliphatic rings. The van der Waals surface area contributed by atoms with Gasteiger partial charge >= 0.3 is 0 Å². The lowest BCUT2D eigenvalue weighted by molar-refractivity contribution is -0.307. The van der Waals surface area contributed by atoms with Crippen LogP contribution in [-0.4, -0.2) is 57.7 Å². The summed E-state index contributed by atoms with van der Waals surface area (Å²) in [7, 11) is 0. The molecule has 7 nitrogen and oxygen atoms in total. The first-order valence-corrected chi connectivity index (χ1v) is 6.08. The molecule has 0 bridgehead atoms. The largest absolute Gasteiger partial charge is 0.394 e. The Morgan fingerprint density at radius 3 is 2.48 bits per heavy atom. The summed E-state index contributed by atoms with van der Waals surface area (Å²) < 4.78 is 48.8. The first-order valence-electron chi connectivity index (χ1n) is 8.58. The lowest BCUT2D eigenvalue weighted by atomic mass is 9.99. The molecule has 0 aromatic heterocycles. The topological polar surface area (TPSA) is 123 Å². The molecule has 1 fully saturated rings. The zero-order chi connectivity index (χ0) is 19.8. The third-order valence-corrected chi connectivity index (χ3v) is 3.02. The maximum atomic E-state index is 9.96. The van der Waals surface area contributed by atoms with Gasteiger partial charge in [0, 0.05) is 0 Å². The molecule has 0 amide bonds. The predicted molar refractivity (Wildman–Crippen MR) is 69.6 cm³/mol. The SMILES string of the molecule is [2H]c1c([2H])c([2H])c([C@H](C#N)O[C@@H]2O[C@H](CO)[C@@H](O)[C@H](O)[C@H]2O)c([2H])c1[2H]. The molecule has 0 spiro atoms. The zero-order valence-electron chi connectivity index (χ0n) is 15.7. The van der Waals surface area contributed by atoms with Crippen molar-refractivity contribution >= 4 is 0 Å². The summed E-state index contributed by atoms with van der Waals surface area (Å²) in [6.07, 6.45) is -9.87. The molecule has 1 aromatic carbocycles. The van der Waals surface area contributed by atoms with Crippen molar-refractivity contribution in [2.75, 3.05) is 6.61 Å². The number of ether oxygens (including phenoxy) is 2. The van der Waals surface area contributed by atoms with Gasteiger partial charge < -0.3 is 29.9 Å². The van der Waals surface area contributed by atoms with Crippen molar-refractivity contribution in [2.24, 2.45) is 0 Å². The molecule has 1 heterocycles. The van der Waals surface area contributed by atoms with Crippen molar-refractivity contribution < 1.29 is 36.8 Å². The van der Waals surface area contributed by atoms with Crippen LogP contribution in [0.1, 0.15) is 18.5 Å². The van der Waals surface area contributed by atoms with Gasteiger partial charge in [0.25, 0.3) is 0 Å². The second-order valence-corrected chi connectivity index (χ2v) is 4.38. The number of aliphatic hydroxyl groups is 4. The monoisotopic (exact) mass is 300 g/mol. The van der Waals surface area contributed by atoms with Gasteiger partial charge in [0.2, 0.25) is 0 Å². The molecule has 1 saturated heterocycles. The quantitative estimate of drug-likeness (QED) is 0.566. The van der Waals surface area contributed by atoms with Gasteiger partial charge in [0.1, 0.15) is 24.4 Å².